The molecule has 0 saturated carbocycles. The molecule has 2 N–H and O–H groups in total. The molecular formula is C36H45N5O6. The van der Waals surface area contributed by atoms with Crippen LogP contribution in [0.3, 0.4) is 0 Å². The van der Waals surface area contributed by atoms with Crippen LogP contribution in [0.5, 0.6) is 28.7 Å². The molecule has 0 bridgehead atoms. The number of hydrogen-bond donors (Lipinski definition) is 2. The van der Waals surface area contributed by atoms with Gasteiger partial charge in [-0.1, -0.05) is 18.2 Å². The van der Waals surface area contributed by atoms with Crippen molar-refractivity contribution in [3.05, 3.63) is 65.7 Å². The number of piperidine rings is 1. The molecule has 11 nitrogen and oxygen atoms in total. The molecule has 0 radical (unpaired) electrons. The minimum atomic E-state index is -0.251. The van der Waals surface area contributed by atoms with Crippen molar-refractivity contribution in [2.75, 3.05) is 73.6 Å². The van der Waals surface area contributed by atoms with E-state index in [1.165, 1.54) is 0 Å². The van der Waals surface area contributed by atoms with Crippen LogP contribution in [0.2, 0.25) is 0 Å². The standard InChI is InChI=1S/C36H45N5O6/c1-43-29-11-10-25(22-30(29)44-2)36(15-19-41(23-36)34(42)24-20-31(45-3)33(47-5)32(21-24)46-4)14-18-40-16-12-26(13-17-40)37-35-38-27-8-6-7-9-28(27)39-35/h6-11,20-22,26H,12-19,23H2,1-5H3,(H2,37,38,39). The molecule has 3 aromatic carbocycles. The molecule has 4 aromatic rings. The number of rotatable bonds is 12. The number of likely N-dealkylation sites (tertiary alicyclic amines) is 2. The van der Waals surface area contributed by atoms with E-state index in [2.05, 4.69) is 27.3 Å². The molecule has 1 unspecified atom stereocenters. The lowest BCUT2D eigenvalue weighted by molar-refractivity contribution is 0.0779. The van der Waals surface area contributed by atoms with Crippen LogP contribution < -0.4 is 29.0 Å². The Labute approximate surface area is 276 Å². The molecule has 1 amide bonds. The molecule has 250 valence electrons. The Bertz CT molecular complexity index is 1640. The number of benzene rings is 3. The molecule has 0 spiro atoms. The van der Waals surface area contributed by atoms with Crippen LogP contribution in [-0.2, 0) is 5.41 Å². The number of aromatic amines is 1. The lowest BCUT2D eigenvalue weighted by Gasteiger charge is -2.36. The number of amides is 1. The summed E-state index contributed by atoms with van der Waals surface area (Å²) in [5, 5.41) is 3.61. The number of nitrogens with one attached hydrogen (secondary N) is 2. The molecule has 3 heterocycles. The molecule has 2 fully saturated rings. The van der Waals surface area contributed by atoms with Crippen LogP contribution in [0.1, 0.15) is 41.6 Å². The molecule has 47 heavy (non-hydrogen) atoms. The highest BCUT2D eigenvalue weighted by atomic mass is 16.5. The smallest absolute Gasteiger partial charge is 0.254 e. The van der Waals surface area contributed by atoms with Crippen molar-refractivity contribution in [1.29, 1.82) is 0 Å². The first-order valence-electron chi connectivity index (χ1n) is 16.2. The first kappa shape index (κ1) is 32.3. The predicted octanol–water partition coefficient (Wildman–Crippen LogP) is 5.36. The lowest BCUT2D eigenvalue weighted by Crippen LogP contribution is -2.42. The van der Waals surface area contributed by atoms with E-state index in [9.17, 15) is 4.79 Å². The Morgan fingerprint density at radius 3 is 2.23 bits per heavy atom. The SMILES string of the molecule is COc1ccc(C2(CCN3CCC(Nc4nc5ccccc5[nH]4)CC3)CCN(C(=O)c3cc(OC)c(OC)c(OC)c3)C2)cc1OC. The summed E-state index contributed by atoms with van der Waals surface area (Å²) in [5.74, 6) is 3.52. The number of methoxy groups -OCH3 is 5. The highest BCUT2D eigenvalue weighted by Crippen LogP contribution is 2.43. The fourth-order valence-electron chi connectivity index (χ4n) is 7.07. The van der Waals surface area contributed by atoms with Gasteiger partial charge in [0, 0.05) is 43.2 Å². The van der Waals surface area contributed by atoms with Gasteiger partial charge in [0.15, 0.2) is 23.0 Å². The van der Waals surface area contributed by atoms with Crippen LogP contribution in [0.15, 0.2) is 54.6 Å². The van der Waals surface area contributed by atoms with Gasteiger partial charge in [0.05, 0.1) is 46.6 Å². The zero-order chi connectivity index (χ0) is 33.0. The highest BCUT2D eigenvalue weighted by Gasteiger charge is 2.42. The maximum atomic E-state index is 14.0. The summed E-state index contributed by atoms with van der Waals surface area (Å²) in [6.07, 6.45) is 3.81. The third kappa shape index (κ3) is 6.62. The minimum absolute atomic E-state index is 0.0657. The van der Waals surface area contributed by atoms with Gasteiger partial charge in [-0.15, -0.1) is 0 Å². The molecule has 1 aromatic heterocycles. The van der Waals surface area contributed by atoms with Gasteiger partial charge in [-0.05, 0) is 74.2 Å². The zero-order valence-electron chi connectivity index (χ0n) is 27.9. The van der Waals surface area contributed by atoms with E-state index >= 15 is 0 Å². The maximum Gasteiger partial charge on any atom is 0.254 e. The quantitative estimate of drug-likeness (QED) is 0.211. The van der Waals surface area contributed by atoms with Crippen LogP contribution in [0, 0.1) is 0 Å². The van der Waals surface area contributed by atoms with E-state index in [0.29, 0.717) is 53.4 Å². The van der Waals surface area contributed by atoms with Crippen molar-refractivity contribution in [2.45, 2.75) is 37.1 Å². The Hall–Kier alpha value is -4.64. The highest BCUT2D eigenvalue weighted by molar-refractivity contribution is 5.96. The number of ether oxygens (including phenoxy) is 5. The van der Waals surface area contributed by atoms with Crippen LogP contribution in [0.25, 0.3) is 11.0 Å². The monoisotopic (exact) mass is 643 g/mol. The summed E-state index contributed by atoms with van der Waals surface area (Å²) in [6.45, 7) is 4.13. The lowest BCUT2D eigenvalue weighted by atomic mass is 9.76. The van der Waals surface area contributed by atoms with Gasteiger partial charge in [-0.25, -0.2) is 4.98 Å². The summed E-state index contributed by atoms with van der Waals surface area (Å²) in [7, 11) is 7.97. The normalized spacial score (nSPS) is 18.7. The molecule has 1 atom stereocenters. The number of carbonyl (C=O) groups is 1. The van der Waals surface area contributed by atoms with Crippen molar-refractivity contribution in [2.24, 2.45) is 0 Å². The molecule has 2 aliphatic heterocycles. The second-order valence-corrected chi connectivity index (χ2v) is 12.4. The van der Waals surface area contributed by atoms with E-state index in [0.717, 1.165) is 67.9 Å². The van der Waals surface area contributed by atoms with Crippen LogP contribution in [0.4, 0.5) is 5.95 Å². The maximum absolute atomic E-state index is 14.0. The molecule has 2 aliphatic rings. The van der Waals surface area contributed by atoms with Crippen molar-refractivity contribution < 1.29 is 28.5 Å². The van der Waals surface area contributed by atoms with Gasteiger partial charge in [0.25, 0.3) is 5.91 Å². The average Bonchev–Trinajstić information content (AvgIpc) is 3.75. The molecule has 0 aliphatic carbocycles. The molecular weight excluding hydrogens is 598 g/mol. The first-order chi connectivity index (χ1) is 22.9. The van der Waals surface area contributed by atoms with Crippen LogP contribution in [-0.4, -0.2) is 100.0 Å². The van der Waals surface area contributed by atoms with Crippen molar-refractivity contribution in [3.8, 4) is 28.7 Å². The Kier molecular flexibility index (Phi) is 9.63. The second kappa shape index (κ2) is 14.0. The average molecular weight is 644 g/mol. The van der Waals surface area contributed by atoms with Crippen molar-refractivity contribution in [3.63, 3.8) is 0 Å². The fourth-order valence-corrected chi connectivity index (χ4v) is 7.07. The summed E-state index contributed by atoms with van der Waals surface area (Å²) in [4.78, 5) is 26.6. The number of imidazole rings is 1. The second-order valence-electron chi connectivity index (χ2n) is 12.4. The van der Waals surface area contributed by atoms with Gasteiger partial charge in [0.2, 0.25) is 11.7 Å². The number of nitrogens with zero attached hydrogens (tertiary/aromatic N) is 3. The van der Waals surface area contributed by atoms with Crippen molar-refractivity contribution >= 4 is 22.9 Å². The number of anilines is 1. The third-order valence-corrected chi connectivity index (χ3v) is 9.77. The van der Waals surface area contributed by atoms with E-state index in [1.807, 2.05) is 35.2 Å². The number of carbonyl (C=O) groups excluding carboxylic acids is 1. The number of fused-ring (bicyclic) bond motifs is 1. The number of hydrogen-bond acceptors (Lipinski definition) is 9. The molecule has 11 heteroatoms. The van der Waals surface area contributed by atoms with E-state index in [1.54, 1.807) is 47.7 Å². The number of aromatic nitrogens is 2. The zero-order valence-corrected chi connectivity index (χ0v) is 27.9. The van der Waals surface area contributed by atoms with E-state index in [-0.39, 0.29) is 11.3 Å². The van der Waals surface area contributed by atoms with E-state index in [4.69, 9.17) is 28.7 Å². The summed E-state index contributed by atoms with van der Waals surface area (Å²) in [5.41, 5.74) is 3.42. The Balaban J connectivity index is 1.17. The predicted molar refractivity (Wildman–Crippen MR) is 182 cm³/mol. The third-order valence-electron chi connectivity index (χ3n) is 9.77. The molecule has 6 rings (SSSR count). The fraction of sp³-hybridized carbons (Fsp3) is 0.444. The van der Waals surface area contributed by atoms with E-state index < -0.39 is 0 Å². The number of H-pyrrole nitrogens is 1. The Morgan fingerprint density at radius 2 is 1.57 bits per heavy atom. The summed E-state index contributed by atoms with van der Waals surface area (Å²) < 4.78 is 27.8. The largest absolute Gasteiger partial charge is 0.493 e. The molecule has 2 saturated heterocycles. The van der Waals surface area contributed by atoms with Gasteiger partial charge in [-0.3, -0.25) is 4.79 Å². The minimum Gasteiger partial charge on any atom is -0.493 e. The first-order valence-corrected chi connectivity index (χ1v) is 16.2. The van der Waals surface area contributed by atoms with Gasteiger partial charge in [-0.2, -0.15) is 0 Å². The Morgan fingerprint density at radius 1 is 0.872 bits per heavy atom. The van der Waals surface area contributed by atoms with Gasteiger partial charge >= 0.3 is 0 Å². The summed E-state index contributed by atoms with van der Waals surface area (Å²) in [6, 6.07) is 18.1. The summed E-state index contributed by atoms with van der Waals surface area (Å²) >= 11 is 0. The number of para-hydroxylation sites is 2. The van der Waals surface area contributed by atoms with Gasteiger partial charge in [0.1, 0.15) is 0 Å². The van der Waals surface area contributed by atoms with Gasteiger partial charge < -0.3 is 43.8 Å². The van der Waals surface area contributed by atoms with Crippen molar-refractivity contribution in [1.82, 2.24) is 19.8 Å². The topological polar surface area (TPSA) is 110 Å². The van der Waals surface area contributed by atoms with Crippen LogP contribution >= 0.6 is 0 Å².